The maximum Gasteiger partial charge on any atom is 0.411 e. The second-order valence-corrected chi connectivity index (χ2v) is 8.29. The van der Waals surface area contributed by atoms with Crippen molar-refractivity contribution in [1.82, 2.24) is 0 Å². The molecule has 0 heterocycles. The Hall–Kier alpha value is -2.86. The van der Waals surface area contributed by atoms with Gasteiger partial charge in [0, 0.05) is 17.3 Å². The molecule has 1 fully saturated rings. The lowest BCUT2D eigenvalue weighted by Gasteiger charge is -2.11. The average Bonchev–Trinajstić information content (AvgIpc) is 3.59. The van der Waals surface area contributed by atoms with E-state index in [1.54, 1.807) is 6.07 Å². The molecule has 0 aliphatic heterocycles. The van der Waals surface area contributed by atoms with E-state index in [0.717, 1.165) is 28.7 Å². The van der Waals surface area contributed by atoms with Crippen LogP contribution >= 0.6 is 11.6 Å². The molecule has 4 rings (SSSR count). The number of rotatable bonds is 7. The summed E-state index contributed by atoms with van der Waals surface area (Å²) in [6, 6.07) is 21.2. The Balaban J connectivity index is 1.43. The fourth-order valence-corrected chi connectivity index (χ4v) is 4.17. The predicted molar refractivity (Wildman–Crippen MR) is 122 cm³/mol. The Morgan fingerprint density at radius 1 is 1.00 bits per heavy atom. The van der Waals surface area contributed by atoms with Crippen molar-refractivity contribution >= 4 is 23.4 Å². The number of hydrogen-bond acceptors (Lipinski definition) is 4. The highest BCUT2D eigenvalue weighted by atomic mass is 35.5. The van der Waals surface area contributed by atoms with Crippen molar-refractivity contribution in [3.8, 4) is 0 Å². The van der Waals surface area contributed by atoms with E-state index >= 15 is 0 Å². The third-order valence-corrected chi connectivity index (χ3v) is 5.74. The summed E-state index contributed by atoms with van der Waals surface area (Å²) in [4.78, 5) is 12.2. The van der Waals surface area contributed by atoms with Gasteiger partial charge in [-0.2, -0.15) is 0 Å². The Morgan fingerprint density at radius 2 is 1.71 bits per heavy atom. The molecule has 31 heavy (non-hydrogen) atoms. The van der Waals surface area contributed by atoms with E-state index in [9.17, 15) is 9.90 Å². The quantitative estimate of drug-likeness (QED) is 0.468. The maximum atomic E-state index is 12.2. The van der Waals surface area contributed by atoms with Crippen LogP contribution in [0.15, 0.2) is 66.7 Å². The van der Waals surface area contributed by atoms with Crippen molar-refractivity contribution < 1.29 is 14.6 Å². The number of nitrogens with one attached hydrogen (secondary N) is 1. The van der Waals surface area contributed by atoms with E-state index in [1.165, 1.54) is 5.56 Å². The van der Waals surface area contributed by atoms with Crippen LogP contribution in [0.4, 0.5) is 10.5 Å². The van der Waals surface area contributed by atoms with Gasteiger partial charge in [0.25, 0.3) is 0 Å². The monoisotopic (exact) mass is 436 g/mol. The van der Waals surface area contributed by atoms with Crippen molar-refractivity contribution in [1.29, 1.82) is 0 Å². The lowest BCUT2D eigenvalue weighted by atomic mass is 9.99. The fourth-order valence-electron chi connectivity index (χ4n) is 3.92. The van der Waals surface area contributed by atoms with Gasteiger partial charge in [0.2, 0.25) is 0 Å². The molecule has 4 N–H and O–H groups in total. The van der Waals surface area contributed by atoms with Crippen LogP contribution in [0.3, 0.4) is 0 Å². The summed E-state index contributed by atoms with van der Waals surface area (Å²) in [5.74, 6) is 0.646. The Bertz CT molecular complexity index is 1050. The predicted octanol–water partition coefficient (Wildman–Crippen LogP) is 5.31. The number of anilines is 1. The zero-order valence-electron chi connectivity index (χ0n) is 17.1. The Kier molecular flexibility index (Phi) is 6.56. The smallest absolute Gasteiger partial charge is 0.411 e. The summed E-state index contributed by atoms with van der Waals surface area (Å²) in [6.07, 6.45) is 0.463. The van der Waals surface area contributed by atoms with Gasteiger partial charge in [-0.3, -0.25) is 5.32 Å². The first-order chi connectivity index (χ1) is 15.1. The molecule has 6 heteroatoms. The molecule has 3 aromatic rings. The van der Waals surface area contributed by atoms with Crippen LogP contribution < -0.4 is 11.1 Å². The molecule has 3 aromatic carbocycles. The number of ether oxygens (including phenoxy) is 1. The van der Waals surface area contributed by atoms with Crippen molar-refractivity contribution in [2.24, 2.45) is 5.73 Å². The molecule has 0 unspecified atom stereocenters. The van der Waals surface area contributed by atoms with Gasteiger partial charge in [-0.05, 0) is 64.3 Å². The topological polar surface area (TPSA) is 84.6 Å². The molecule has 0 spiro atoms. The van der Waals surface area contributed by atoms with Crippen LogP contribution in [-0.4, -0.2) is 11.2 Å². The molecule has 1 amide bonds. The first-order valence-electron chi connectivity index (χ1n) is 10.3. The SMILES string of the molecule is NCc1cc(CO)cc([C@H]2C[C@@H]2c2cc(Cl)cc(NC(=O)OCc3ccccc3)c2)c1. The van der Waals surface area contributed by atoms with Gasteiger partial charge in [-0.25, -0.2) is 4.79 Å². The van der Waals surface area contributed by atoms with Crippen LogP contribution in [0.5, 0.6) is 0 Å². The fraction of sp³-hybridized carbons (Fsp3) is 0.240. The van der Waals surface area contributed by atoms with Gasteiger partial charge in [-0.1, -0.05) is 60.1 Å². The van der Waals surface area contributed by atoms with E-state index in [1.807, 2.05) is 54.6 Å². The van der Waals surface area contributed by atoms with E-state index < -0.39 is 6.09 Å². The first kappa shape index (κ1) is 21.4. The summed E-state index contributed by atoms with van der Waals surface area (Å²) >= 11 is 6.33. The molecule has 1 aliphatic carbocycles. The lowest BCUT2D eigenvalue weighted by molar-refractivity contribution is 0.155. The zero-order valence-corrected chi connectivity index (χ0v) is 17.8. The Morgan fingerprint density at radius 3 is 2.42 bits per heavy atom. The van der Waals surface area contributed by atoms with Gasteiger partial charge in [-0.15, -0.1) is 0 Å². The van der Waals surface area contributed by atoms with Crippen LogP contribution in [-0.2, 0) is 24.5 Å². The minimum Gasteiger partial charge on any atom is -0.444 e. The second kappa shape index (κ2) is 9.52. The lowest BCUT2D eigenvalue weighted by Crippen LogP contribution is -2.13. The highest BCUT2D eigenvalue weighted by Gasteiger charge is 2.40. The third kappa shape index (κ3) is 5.44. The van der Waals surface area contributed by atoms with Crippen molar-refractivity contribution in [2.45, 2.75) is 38.0 Å². The highest BCUT2D eigenvalue weighted by Crippen LogP contribution is 2.55. The van der Waals surface area contributed by atoms with E-state index in [4.69, 9.17) is 22.1 Å². The first-order valence-corrected chi connectivity index (χ1v) is 10.7. The molecule has 2 atom stereocenters. The van der Waals surface area contributed by atoms with E-state index in [-0.39, 0.29) is 13.2 Å². The normalized spacial score (nSPS) is 17.3. The summed E-state index contributed by atoms with van der Waals surface area (Å²) in [5.41, 5.74) is 11.5. The van der Waals surface area contributed by atoms with Gasteiger partial charge in [0.1, 0.15) is 6.61 Å². The minimum atomic E-state index is -0.521. The number of aliphatic hydroxyl groups excluding tert-OH is 1. The second-order valence-electron chi connectivity index (χ2n) is 7.85. The van der Waals surface area contributed by atoms with E-state index in [2.05, 4.69) is 11.4 Å². The highest BCUT2D eigenvalue weighted by molar-refractivity contribution is 6.31. The van der Waals surface area contributed by atoms with Crippen LogP contribution in [0.2, 0.25) is 5.02 Å². The Labute approximate surface area is 186 Å². The van der Waals surface area contributed by atoms with E-state index in [0.29, 0.717) is 29.1 Å². The van der Waals surface area contributed by atoms with Crippen LogP contribution in [0, 0.1) is 0 Å². The third-order valence-electron chi connectivity index (χ3n) is 5.52. The minimum absolute atomic E-state index is 0.00540. The largest absolute Gasteiger partial charge is 0.444 e. The molecule has 1 aliphatic rings. The van der Waals surface area contributed by atoms with Gasteiger partial charge in [0.05, 0.1) is 6.61 Å². The molecular weight excluding hydrogens is 412 g/mol. The summed E-state index contributed by atoms with van der Waals surface area (Å²) in [7, 11) is 0. The molecule has 0 aromatic heterocycles. The number of aliphatic hydroxyl groups is 1. The van der Waals surface area contributed by atoms with Gasteiger partial charge in [0.15, 0.2) is 0 Å². The standard InChI is InChI=1S/C25H25ClN2O3/c26-21-9-20(24-12-23(24)19-7-17(13-27)6-18(8-19)14-29)10-22(11-21)28-25(30)31-15-16-4-2-1-3-5-16/h1-11,23-24,29H,12-15,27H2,(H,28,30)/t23-,24-/m1/s1. The number of nitrogens with two attached hydrogens (primary N) is 1. The molecule has 0 saturated heterocycles. The molecule has 5 nitrogen and oxygen atoms in total. The number of carbonyl (C=O) groups is 1. The van der Waals surface area contributed by atoms with Crippen molar-refractivity contribution in [3.05, 3.63) is 99.6 Å². The number of benzene rings is 3. The molecule has 160 valence electrons. The van der Waals surface area contributed by atoms with Crippen molar-refractivity contribution in [2.75, 3.05) is 5.32 Å². The molecular formula is C25H25ClN2O3. The summed E-state index contributed by atoms with van der Waals surface area (Å²) in [6.45, 7) is 0.637. The van der Waals surface area contributed by atoms with Gasteiger partial charge < -0.3 is 15.6 Å². The summed E-state index contributed by atoms with van der Waals surface area (Å²) in [5, 5.41) is 12.9. The van der Waals surface area contributed by atoms with Gasteiger partial charge >= 0.3 is 6.09 Å². The van der Waals surface area contributed by atoms with Crippen molar-refractivity contribution in [3.63, 3.8) is 0 Å². The molecule has 1 saturated carbocycles. The van der Waals surface area contributed by atoms with Crippen LogP contribution in [0.25, 0.3) is 0 Å². The molecule has 0 radical (unpaired) electrons. The number of halogens is 1. The zero-order chi connectivity index (χ0) is 21.8. The molecule has 0 bridgehead atoms. The average molecular weight is 437 g/mol. The number of hydrogen-bond donors (Lipinski definition) is 3. The maximum absolute atomic E-state index is 12.2. The number of amides is 1. The number of carbonyl (C=O) groups excluding carboxylic acids is 1. The summed E-state index contributed by atoms with van der Waals surface area (Å²) < 4.78 is 5.30. The van der Waals surface area contributed by atoms with Crippen LogP contribution in [0.1, 0.15) is 46.1 Å².